The largest absolute Gasteiger partial charge is 0.448 e. The van der Waals surface area contributed by atoms with Crippen LogP contribution in [0.4, 0.5) is 0 Å². The van der Waals surface area contributed by atoms with Gasteiger partial charge >= 0.3 is 0 Å². The van der Waals surface area contributed by atoms with Gasteiger partial charge < -0.3 is 9.73 Å². The fourth-order valence-electron chi connectivity index (χ4n) is 1.57. The number of halogens is 2. The summed E-state index contributed by atoms with van der Waals surface area (Å²) in [5, 5.41) is 4.52. The van der Waals surface area contributed by atoms with E-state index in [0.29, 0.717) is 11.8 Å². The molecule has 17 heavy (non-hydrogen) atoms. The lowest BCUT2D eigenvalue weighted by Crippen LogP contribution is -2.17. The molecule has 0 bridgehead atoms. The van der Waals surface area contributed by atoms with Gasteiger partial charge in [-0.25, -0.2) is 0 Å². The zero-order valence-corrected chi connectivity index (χ0v) is 10.9. The maximum atomic E-state index is 5.84. The Kier molecular flexibility index (Phi) is 4.11. The molecule has 0 aliphatic rings. The average Bonchev–Trinajstić information content (AvgIpc) is 2.73. The lowest BCUT2D eigenvalue weighted by Gasteiger charge is -2.13. The number of rotatable bonds is 4. The van der Waals surface area contributed by atoms with E-state index < -0.39 is 0 Å². The SMILES string of the molecule is CC(NCc1ccc(Cl)o1)c1ccc(Cl)cc1. The molecule has 0 saturated heterocycles. The summed E-state index contributed by atoms with van der Waals surface area (Å²) in [4.78, 5) is 0. The van der Waals surface area contributed by atoms with Gasteiger partial charge in [-0.15, -0.1) is 0 Å². The topological polar surface area (TPSA) is 25.2 Å². The van der Waals surface area contributed by atoms with E-state index in [4.69, 9.17) is 27.6 Å². The standard InChI is InChI=1S/C13H13Cl2NO/c1-9(10-2-4-11(14)5-3-10)16-8-12-6-7-13(15)17-12/h2-7,9,16H,8H2,1H3. The fourth-order valence-corrected chi connectivity index (χ4v) is 1.86. The Morgan fingerprint density at radius 2 is 1.82 bits per heavy atom. The molecule has 1 N–H and O–H groups in total. The molecule has 4 heteroatoms. The van der Waals surface area contributed by atoms with Crippen LogP contribution in [0.15, 0.2) is 40.8 Å². The van der Waals surface area contributed by atoms with Crippen molar-refractivity contribution in [1.82, 2.24) is 5.32 Å². The van der Waals surface area contributed by atoms with Crippen molar-refractivity contribution < 1.29 is 4.42 Å². The molecule has 0 saturated carbocycles. The molecule has 1 unspecified atom stereocenters. The summed E-state index contributed by atoms with van der Waals surface area (Å²) in [5.41, 5.74) is 1.19. The maximum absolute atomic E-state index is 5.84. The van der Waals surface area contributed by atoms with Gasteiger partial charge in [0.1, 0.15) is 5.76 Å². The van der Waals surface area contributed by atoms with E-state index in [-0.39, 0.29) is 6.04 Å². The quantitative estimate of drug-likeness (QED) is 0.888. The molecule has 0 fully saturated rings. The fraction of sp³-hybridized carbons (Fsp3) is 0.231. The van der Waals surface area contributed by atoms with Crippen molar-refractivity contribution in [3.8, 4) is 0 Å². The first-order chi connectivity index (χ1) is 8.15. The van der Waals surface area contributed by atoms with Gasteiger partial charge in [0.05, 0.1) is 6.54 Å². The molecular formula is C13H13Cl2NO. The van der Waals surface area contributed by atoms with Crippen LogP contribution >= 0.6 is 23.2 Å². The Morgan fingerprint density at radius 1 is 1.12 bits per heavy atom. The molecule has 2 aromatic rings. The predicted molar refractivity (Wildman–Crippen MR) is 70.4 cm³/mol. The van der Waals surface area contributed by atoms with Crippen molar-refractivity contribution >= 4 is 23.2 Å². The second-order valence-electron chi connectivity index (χ2n) is 3.86. The van der Waals surface area contributed by atoms with E-state index in [2.05, 4.69) is 12.2 Å². The number of benzene rings is 1. The molecule has 0 radical (unpaired) electrons. The van der Waals surface area contributed by atoms with Gasteiger partial charge in [0, 0.05) is 11.1 Å². The Balaban J connectivity index is 1.93. The van der Waals surface area contributed by atoms with Gasteiger partial charge in [-0.05, 0) is 48.4 Å². The third kappa shape index (κ3) is 3.50. The van der Waals surface area contributed by atoms with Crippen molar-refractivity contribution in [2.45, 2.75) is 19.5 Å². The number of hydrogen-bond acceptors (Lipinski definition) is 2. The van der Waals surface area contributed by atoms with Crippen LogP contribution in [0.3, 0.4) is 0 Å². The van der Waals surface area contributed by atoms with Crippen LogP contribution in [0.5, 0.6) is 0 Å². The highest BCUT2D eigenvalue weighted by molar-refractivity contribution is 6.30. The third-order valence-electron chi connectivity index (χ3n) is 2.58. The van der Waals surface area contributed by atoms with Crippen LogP contribution in [0.2, 0.25) is 10.2 Å². The van der Waals surface area contributed by atoms with Crippen LogP contribution in [0, 0.1) is 0 Å². The van der Waals surface area contributed by atoms with Crippen molar-refractivity contribution in [2.75, 3.05) is 0 Å². The highest BCUT2D eigenvalue weighted by atomic mass is 35.5. The smallest absolute Gasteiger partial charge is 0.193 e. The number of furan rings is 1. The Bertz CT molecular complexity index is 478. The van der Waals surface area contributed by atoms with Crippen LogP contribution in [0.1, 0.15) is 24.3 Å². The minimum absolute atomic E-state index is 0.233. The van der Waals surface area contributed by atoms with E-state index in [9.17, 15) is 0 Å². The summed E-state index contributed by atoms with van der Waals surface area (Å²) in [6, 6.07) is 11.6. The molecule has 1 aromatic heterocycles. The van der Waals surface area contributed by atoms with Crippen LogP contribution < -0.4 is 5.32 Å². The summed E-state index contributed by atoms with van der Waals surface area (Å²) in [6.45, 7) is 2.74. The van der Waals surface area contributed by atoms with Gasteiger partial charge in [-0.3, -0.25) is 0 Å². The first-order valence-electron chi connectivity index (χ1n) is 5.38. The number of nitrogens with one attached hydrogen (secondary N) is 1. The van der Waals surface area contributed by atoms with Crippen LogP contribution in [-0.2, 0) is 6.54 Å². The van der Waals surface area contributed by atoms with Gasteiger partial charge in [0.15, 0.2) is 5.22 Å². The average molecular weight is 270 g/mol. The number of hydrogen-bond donors (Lipinski definition) is 1. The van der Waals surface area contributed by atoms with Crippen molar-refractivity contribution in [1.29, 1.82) is 0 Å². The minimum Gasteiger partial charge on any atom is -0.448 e. The van der Waals surface area contributed by atoms with Crippen molar-refractivity contribution in [3.63, 3.8) is 0 Å². The molecule has 0 aliphatic heterocycles. The predicted octanol–water partition coefficient (Wildman–Crippen LogP) is 4.44. The molecule has 0 amide bonds. The summed E-state index contributed by atoms with van der Waals surface area (Å²) in [7, 11) is 0. The van der Waals surface area contributed by atoms with Gasteiger partial charge in [-0.1, -0.05) is 23.7 Å². The van der Waals surface area contributed by atoms with Gasteiger partial charge in [-0.2, -0.15) is 0 Å². The lowest BCUT2D eigenvalue weighted by atomic mass is 10.1. The maximum Gasteiger partial charge on any atom is 0.193 e. The molecule has 2 nitrogen and oxygen atoms in total. The van der Waals surface area contributed by atoms with Crippen molar-refractivity contribution in [3.05, 3.63) is 58.0 Å². The lowest BCUT2D eigenvalue weighted by molar-refractivity contribution is 0.462. The van der Waals surface area contributed by atoms with Gasteiger partial charge in [0.25, 0.3) is 0 Å². The normalized spacial score (nSPS) is 12.6. The Morgan fingerprint density at radius 3 is 2.41 bits per heavy atom. The second kappa shape index (κ2) is 5.58. The zero-order chi connectivity index (χ0) is 12.3. The van der Waals surface area contributed by atoms with Gasteiger partial charge in [0.2, 0.25) is 0 Å². The molecule has 1 aromatic carbocycles. The van der Waals surface area contributed by atoms with E-state index in [0.717, 1.165) is 10.8 Å². The van der Waals surface area contributed by atoms with Crippen LogP contribution in [-0.4, -0.2) is 0 Å². The molecule has 2 rings (SSSR count). The third-order valence-corrected chi connectivity index (χ3v) is 3.04. The summed E-state index contributed by atoms with van der Waals surface area (Å²) in [5.74, 6) is 0.829. The van der Waals surface area contributed by atoms with E-state index in [1.807, 2.05) is 30.3 Å². The highest BCUT2D eigenvalue weighted by Crippen LogP contribution is 2.18. The highest BCUT2D eigenvalue weighted by Gasteiger charge is 2.06. The summed E-state index contributed by atoms with van der Waals surface area (Å²) < 4.78 is 5.27. The second-order valence-corrected chi connectivity index (χ2v) is 4.67. The van der Waals surface area contributed by atoms with Crippen molar-refractivity contribution in [2.24, 2.45) is 0 Å². The van der Waals surface area contributed by atoms with E-state index >= 15 is 0 Å². The first-order valence-corrected chi connectivity index (χ1v) is 6.14. The molecule has 90 valence electrons. The Hall–Kier alpha value is -0.960. The minimum atomic E-state index is 0.233. The van der Waals surface area contributed by atoms with E-state index in [1.165, 1.54) is 5.56 Å². The van der Waals surface area contributed by atoms with E-state index in [1.54, 1.807) is 6.07 Å². The zero-order valence-electron chi connectivity index (χ0n) is 9.41. The molecule has 0 spiro atoms. The molecular weight excluding hydrogens is 257 g/mol. The monoisotopic (exact) mass is 269 g/mol. The molecule has 1 heterocycles. The van der Waals surface area contributed by atoms with Crippen LogP contribution in [0.25, 0.3) is 0 Å². The molecule has 1 atom stereocenters. The molecule has 0 aliphatic carbocycles. The summed E-state index contributed by atoms with van der Waals surface area (Å²) in [6.07, 6.45) is 0. The Labute approximate surface area is 111 Å². The first kappa shape index (κ1) is 12.5. The summed E-state index contributed by atoms with van der Waals surface area (Å²) >= 11 is 11.5.